The average Bonchev–Trinajstić information content (AvgIpc) is 3.31. The number of rotatable bonds is 6. The fourth-order valence-electron chi connectivity index (χ4n) is 3.94. The predicted octanol–water partition coefficient (Wildman–Crippen LogP) is 5.66. The molecule has 1 amide bonds. The first-order valence-electron chi connectivity index (χ1n) is 11.1. The number of aromatic nitrogens is 1. The maximum absolute atomic E-state index is 13.2. The van der Waals surface area contributed by atoms with Crippen molar-refractivity contribution in [1.82, 2.24) is 10.1 Å². The summed E-state index contributed by atoms with van der Waals surface area (Å²) in [6.45, 7) is 1.46. The molecule has 0 fully saturated rings. The molecule has 5 rings (SSSR count). The molecule has 0 aliphatic carbocycles. The predicted molar refractivity (Wildman–Crippen MR) is 127 cm³/mol. The molecule has 1 aliphatic heterocycles. The third-order valence-corrected chi connectivity index (χ3v) is 5.81. The summed E-state index contributed by atoms with van der Waals surface area (Å²) < 4.78 is 24.5. The third-order valence-electron chi connectivity index (χ3n) is 5.81. The van der Waals surface area contributed by atoms with Crippen LogP contribution in [0.25, 0.3) is 17.4 Å². The zero-order valence-electron chi connectivity index (χ0n) is 18.5. The normalized spacial score (nSPS) is 13.1. The van der Waals surface area contributed by atoms with Crippen molar-refractivity contribution in [3.63, 3.8) is 0 Å². The largest absolute Gasteiger partial charge is 0.489 e. The van der Waals surface area contributed by atoms with E-state index in [1.54, 1.807) is 29.2 Å². The van der Waals surface area contributed by atoms with Crippen LogP contribution in [-0.4, -0.2) is 22.5 Å². The van der Waals surface area contributed by atoms with Gasteiger partial charge in [-0.15, -0.1) is 0 Å². The zero-order chi connectivity index (χ0) is 23.3. The van der Waals surface area contributed by atoms with Crippen LogP contribution in [-0.2, 0) is 24.4 Å². The lowest BCUT2D eigenvalue weighted by Crippen LogP contribution is -2.34. The smallest absolute Gasteiger partial charge is 0.246 e. The number of nitrogens with zero attached hydrogens (tertiary/aromatic N) is 2. The second-order valence-electron chi connectivity index (χ2n) is 8.13. The van der Waals surface area contributed by atoms with Crippen molar-refractivity contribution in [1.29, 1.82) is 0 Å². The maximum Gasteiger partial charge on any atom is 0.246 e. The molecule has 0 saturated carbocycles. The quantitative estimate of drug-likeness (QED) is 0.353. The van der Waals surface area contributed by atoms with Crippen LogP contribution in [0, 0.1) is 5.82 Å². The Bertz CT molecular complexity index is 1300. The molecule has 34 heavy (non-hydrogen) atoms. The van der Waals surface area contributed by atoms with Crippen molar-refractivity contribution in [2.24, 2.45) is 0 Å². The number of ether oxygens (including phenoxy) is 1. The summed E-state index contributed by atoms with van der Waals surface area (Å²) in [5.74, 6) is 1.04. The summed E-state index contributed by atoms with van der Waals surface area (Å²) in [5, 5.41) is 4.15. The number of carbonyl (C=O) groups excluding carboxylic acids is 1. The van der Waals surface area contributed by atoms with Crippen molar-refractivity contribution < 1.29 is 18.4 Å². The molecular weight excluding hydrogens is 431 g/mol. The van der Waals surface area contributed by atoms with Crippen LogP contribution in [0.4, 0.5) is 4.39 Å². The Morgan fingerprint density at radius 1 is 1.03 bits per heavy atom. The van der Waals surface area contributed by atoms with E-state index in [0.717, 1.165) is 33.7 Å². The molecule has 0 bridgehead atoms. The first-order chi connectivity index (χ1) is 16.7. The van der Waals surface area contributed by atoms with Crippen LogP contribution in [0.3, 0.4) is 0 Å². The van der Waals surface area contributed by atoms with Gasteiger partial charge in [0, 0.05) is 23.7 Å². The van der Waals surface area contributed by atoms with Crippen LogP contribution in [0.2, 0.25) is 0 Å². The Morgan fingerprint density at radius 3 is 2.56 bits per heavy atom. The van der Waals surface area contributed by atoms with Crippen LogP contribution in [0.5, 0.6) is 5.75 Å². The van der Waals surface area contributed by atoms with Crippen molar-refractivity contribution in [3.05, 3.63) is 113 Å². The lowest BCUT2D eigenvalue weighted by molar-refractivity contribution is -0.126. The summed E-state index contributed by atoms with van der Waals surface area (Å²) >= 11 is 0. The molecule has 6 heteroatoms. The third kappa shape index (κ3) is 4.91. The molecule has 1 aliphatic rings. The minimum absolute atomic E-state index is 0.0820. The Labute approximate surface area is 197 Å². The van der Waals surface area contributed by atoms with Gasteiger partial charge in [0.25, 0.3) is 0 Å². The number of hydrogen-bond donors (Lipinski definition) is 0. The standard InChI is InChI=1S/C28H23FN2O3/c29-23-11-9-22(10-12-23)28-25-16-17-31(18-26(25)30-34-28)27(32)15-8-20-6-13-24(14-7-20)33-19-21-4-2-1-3-5-21/h1-15H,16-19H2/b15-8+. The topological polar surface area (TPSA) is 55.6 Å². The fourth-order valence-corrected chi connectivity index (χ4v) is 3.94. The van der Waals surface area contributed by atoms with Crippen LogP contribution in [0.1, 0.15) is 22.4 Å². The zero-order valence-corrected chi connectivity index (χ0v) is 18.5. The van der Waals surface area contributed by atoms with Gasteiger partial charge in [0.1, 0.15) is 23.9 Å². The van der Waals surface area contributed by atoms with E-state index >= 15 is 0 Å². The molecule has 170 valence electrons. The lowest BCUT2D eigenvalue weighted by Gasteiger charge is -2.24. The van der Waals surface area contributed by atoms with Crippen molar-refractivity contribution in [2.75, 3.05) is 6.54 Å². The van der Waals surface area contributed by atoms with E-state index < -0.39 is 0 Å². The average molecular weight is 455 g/mol. The number of hydrogen-bond acceptors (Lipinski definition) is 4. The molecule has 4 aromatic rings. The number of amides is 1. The van der Waals surface area contributed by atoms with Gasteiger partial charge in [-0.25, -0.2) is 4.39 Å². The molecule has 1 aromatic heterocycles. The van der Waals surface area contributed by atoms with Crippen LogP contribution < -0.4 is 4.74 Å². The summed E-state index contributed by atoms with van der Waals surface area (Å²) in [5.41, 5.74) is 4.53. The van der Waals surface area contributed by atoms with Gasteiger partial charge in [0.15, 0.2) is 5.76 Å². The molecule has 2 heterocycles. The summed E-state index contributed by atoms with van der Waals surface area (Å²) in [7, 11) is 0. The van der Waals surface area contributed by atoms with Gasteiger partial charge in [-0.05, 0) is 60.0 Å². The molecular formula is C28H23FN2O3. The van der Waals surface area contributed by atoms with Gasteiger partial charge in [-0.2, -0.15) is 0 Å². The molecule has 5 nitrogen and oxygen atoms in total. The number of carbonyl (C=O) groups is 1. The van der Waals surface area contributed by atoms with Crippen molar-refractivity contribution in [3.8, 4) is 17.1 Å². The second-order valence-corrected chi connectivity index (χ2v) is 8.13. The highest BCUT2D eigenvalue weighted by Crippen LogP contribution is 2.30. The molecule has 0 N–H and O–H groups in total. The number of halogens is 1. The Balaban J connectivity index is 1.18. The van der Waals surface area contributed by atoms with Crippen LogP contribution in [0.15, 0.2) is 89.5 Å². The van der Waals surface area contributed by atoms with Crippen molar-refractivity contribution >= 4 is 12.0 Å². The maximum atomic E-state index is 13.2. The first-order valence-corrected chi connectivity index (χ1v) is 11.1. The molecule has 0 saturated heterocycles. The summed E-state index contributed by atoms with van der Waals surface area (Å²) in [6.07, 6.45) is 4.01. The summed E-state index contributed by atoms with van der Waals surface area (Å²) in [4.78, 5) is 14.5. The molecule has 0 radical (unpaired) electrons. The van der Waals surface area contributed by atoms with Gasteiger partial charge >= 0.3 is 0 Å². The second kappa shape index (κ2) is 9.75. The van der Waals surface area contributed by atoms with Gasteiger partial charge in [-0.1, -0.05) is 47.6 Å². The van der Waals surface area contributed by atoms with Crippen molar-refractivity contribution in [2.45, 2.75) is 19.6 Å². The monoisotopic (exact) mass is 454 g/mol. The van der Waals surface area contributed by atoms with Crippen LogP contribution >= 0.6 is 0 Å². The fraction of sp³-hybridized carbons (Fsp3) is 0.143. The number of benzene rings is 3. The lowest BCUT2D eigenvalue weighted by atomic mass is 10.0. The SMILES string of the molecule is O=C(/C=C/c1ccc(OCc2ccccc2)cc1)N1CCc2c(noc2-c2ccc(F)cc2)C1. The highest BCUT2D eigenvalue weighted by molar-refractivity contribution is 5.92. The Kier molecular flexibility index (Phi) is 6.21. The highest BCUT2D eigenvalue weighted by atomic mass is 19.1. The van der Waals surface area contributed by atoms with E-state index in [1.165, 1.54) is 12.1 Å². The Morgan fingerprint density at radius 2 is 1.79 bits per heavy atom. The van der Waals surface area contributed by atoms with Gasteiger partial charge in [0.05, 0.1) is 6.54 Å². The highest BCUT2D eigenvalue weighted by Gasteiger charge is 2.26. The van der Waals surface area contributed by atoms with E-state index in [2.05, 4.69) is 5.16 Å². The van der Waals surface area contributed by atoms with E-state index in [9.17, 15) is 9.18 Å². The number of fused-ring (bicyclic) bond motifs is 1. The van der Waals surface area contributed by atoms with E-state index in [1.807, 2.05) is 54.6 Å². The Hall–Kier alpha value is -4.19. The molecule has 0 unspecified atom stereocenters. The molecule has 0 atom stereocenters. The molecule has 0 spiro atoms. The molecule has 3 aromatic carbocycles. The summed E-state index contributed by atoms with van der Waals surface area (Å²) in [6, 6.07) is 23.8. The minimum atomic E-state index is -0.296. The van der Waals surface area contributed by atoms with Gasteiger partial charge < -0.3 is 14.2 Å². The van der Waals surface area contributed by atoms with E-state index in [4.69, 9.17) is 9.26 Å². The van der Waals surface area contributed by atoms with E-state index in [0.29, 0.717) is 31.9 Å². The first kappa shape index (κ1) is 21.6. The minimum Gasteiger partial charge on any atom is -0.489 e. The van der Waals surface area contributed by atoms with Gasteiger partial charge in [0.2, 0.25) is 5.91 Å². The van der Waals surface area contributed by atoms with Gasteiger partial charge in [-0.3, -0.25) is 4.79 Å². The van der Waals surface area contributed by atoms with E-state index in [-0.39, 0.29) is 11.7 Å².